The summed E-state index contributed by atoms with van der Waals surface area (Å²) in [4.78, 5) is 21.8. The molecular weight excluding hydrogens is 228 g/mol. The van der Waals surface area contributed by atoms with Gasteiger partial charge in [0.15, 0.2) is 0 Å². The van der Waals surface area contributed by atoms with Gasteiger partial charge in [0.05, 0.1) is 5.71 Å². The van der Waals surface area contributed by atoms with Gasteiger partial charge in [-0.1, -0.05) is 12.1 Å². The number of carbonyl (C=O) groups is 2. The van der Waals surface area contributed by atoms with Gasteiger partial charge in [-0.05, 0) is 29.3 Å². The Labute approximate surface area is 97.3 Å². The molecule has 0 spiro atoms. The van der Waals surface area contributed by atoms with Crippen molar-refractivity contribution in [3.05, 3.63) is 35.4 Å². The largest absolute Gasteiger partial charge is 0.276 e. The standard InChI is InChI=1S/C11H9ClN2O2/c12-11(16)8-3-1-7(2-4-8)9-5-6-10(15)14-13-9/h1-4H,5-6H2,(H,14,15). The van der Waals surface area contributed by atoms with Crippen LogP contribution in [0.5, 0.6) is 0 Å². The van der Waals surface area contributed by atoms with Gasteiger partial charge in [-0.15, -0.1) is 0 Å². The zero-order valence-electron chi connectivity index (χ0n) is 8.37. The maximum absolute atomic E-state index is 10.9. The van der Waals surface area contributed by atoms with Crippen molar-refractivity contribution in [2.24, 2.45) is 5.10 Å². The van der Waals surface area contributed by atoms with Crippen molar-refractivity contribution in [2.45, 2.75) is 12.8 Å². The quantitative estimate of drug-likeness (QED) is 0.795. The number of hydrogen-bond acceptors (Lipinski definition) is 3. The second-order valence-corrected chi connectivity index (χ2v) is 3.79. The van der Waals surface area contributed by atoms with E-state index in [1.165, 1.54) is 0 Å². The Morgan fingerprint density at radius 2 is 1.94 bits per heavy atom. The Balaban J connectivity index is 2.22. The minimum absolute atomic E-state index is 0.0729. The summed E-state index contributed by atoms with van der Waals surface area (Å²) < 4.78 is 0. The average Bonchev–Trinajstić information content (AvgIpc) is 2.30. The number of hydrazone groups is 1. The van der Waals surface area contributed by atoms with Crippen LogP contribution in [0.2, 0.25) is 0 Å². The van der Waals surface area contributed by atoms with Gasteiger partial charge in [0.1, 0.15) is 0 Å². The molecule has 0 aliphatic carbocycles. The molecule has 1 aliphatic rings. The Kier molecular flexibility index (Phi) is 3.01. The Hall–Kier alpha value is -1.68. The second kappa shape index (κ2) is 4.45. The monoisotopic (exact) mass is 236 g/mol. The van der Waals surface area contributed by atoms with Crippen LogP contribution in [0.1, 0.15) is 28.8 Å². The number of nitrogens with zero attached hydrogens (tertiary/aromatic N) is 1. The lowest BCUT2D eigenvalue weighted by molar-refractivity contribution is -0.121. The van der Waals surface area contributed by atoms with Crippen LogP contribution in [0.15, 0.2) is 29.4 Å². The van der Waals surface area contributed by atoms with Crippen LogP contribution in [0.4, 0.5) is 0 Å². The highest BCUT2D eigenvalue weighted by Gasteiger charge is 2.13. The van der Waals surface area contributed by atoms with E-state index in [4.69, 9.17) is 11.6 Å². The van der Waals surface area contributed by atoms with E-state index in [1.807, 2.05) is 0 Å². The molecule has 1 aromatic rings. The fraction of sp³-hybridized carbons (Fsp3) is 0.182. The van der Waals surface area contributed by atoms with Crippen molar-refractivity contribution in [1.82, 2.24) is 5.43 Å². The van der Waals surface area contributed by atoms with Gasteiger partial charge >= 0.3 is 0 Å². The summed E-state index contributed by atoms with van der Waals surface area (Å²) in [5, 5.41) is 3.47. The lowest BCUT2D eigenvalue weighted by atomic mass is 10.0. The van der Waals surface area contributed by atoms with Crippen LogP contribution < -0.4 is 5.43 Å². The molecule has 0 radical (unpaired) electrons. The van der Waals surface area contributed by atoms with Crippen molar-refractivity contribution >= 4 is 28.5 Å². The number of halogens is 1. The van der Waals surface area contributed by atoms with Crippen molar-refractivity contribution < 1.29 is 9.59 Å². The van der Waals surface area contributed by atoms with Crippen molar-refractivity contribution in [1.29, 1.82) is 0 Å². The van der Waals surface area contributed by atoms with Crippen LogP contribution in [0.25, 0.3) is 0 Å². The van der Waals surface area contributed by atoms with Crippen molar-refractivity contribution in [3.63, 3.8) is 0 Å². The van der Waals surface area contributed by atoms with Crippen LogP contribution in [0, 0.1) is 0 Å². The first-order chi connectivity index (χ1) is 7.66. The molecule has 0 atom stereocenters. The number of carbonyl (C=O) groups excluding carboxylic acids is 2. The third-order valence-electron chi connectivity index (χ3n) is 2.35. The van der Waals surface area contributed by atoms with E-state index < -0.39 is 5.24 Å². The highest BCUT2D eigenvalue weighted by molar-refractivity contribution is 6.67. The van der Waals surface area contributed by atoms with Gasteiger partial charge in [-0.3, -0.25) is 9.59 Å². The molecule has 1 heterocycles. The molecule has 1 aliphatic heterocycles. The van der Waals surface area contributed by atoms with E-state index in [9.17, 15) is 9.59 Å². The Bertz CT molecular complexity index is 465. The second-order valence-electron chi connectivity index (χ2n) is 3.44. The van der Waals surface area contributed by atoms with E-state index in [1.54, 1.807) is 24.3 Å². The molecule has 0 saturated carbocycles. The summed E-state index contributed by atoms with van der Waals surface area (Å²) in [7, 11) is 0. The zero-order chi connectivity index (χ0) is 11.5. The molecule has 5 heteroatoms. The SMILES string of the molecule is O=C1CCC(c2ccc(C(=O)Cl)cc2)=NN1. The minimum atomic E-state index is -0.481. The van der Waals surface area contributed by atoms with Gasteiger partial charge in [-0.25, -0.2) is 5.43 Å². The first-order valence-electron chi connectivity index (χ1n) is 4.82. The molecule has 0 unspecified atom stereocenters. The smallest absolute Gasteiger partial charge is 0.252 e. The molecule has 2 rings (SSSR count). The summed E-state index contributed by atoms with van der Waals surface area (Å²) in [6.07, 6.45) is 1.05. The maximum Gasteiger partial charge on any atom is 0.252 e. The minimum Gasteiger partial charge on any atom is -0.276 e. The molecule has 0 fully saturated rings. The van der Waals surface area contributed by atoms with Gasteiger partial charge in [-0.2, -0.15) is 5.10 Å². The summed E-state index contributed by atoms with van der Waals surface area (Å²) in [6, 6.07) is 6.82. The molecule has 4 nitrogen and oxygen atoms in total. The first kappa shape index (κ1) is 10.8. The Morgan fingerprint density at radius 3 is 2.44 bits per heavy atom. The number of nitrogens with one attached hydrogen (secondary N) is 1. The fourth-order valence-electron chi connectivity index (χ4n) is 1.48. The molecule has 0 saturated heterocycles. The molecule has 1 N–H and O–H groups in total. The molecule has 1 aromatic carbocycles. The number of amides is 1. The number of rotatable bonds is 2. The predicted molar refractivity (Wildman–Crippen MR) is 60.5 cm³/mol. The fourth-order valence-corrected chi connectivity index (χ4v) is 1.60. The highest BCUT2D eigenvalue weighted by Crippen LogP contribution is 2.12. The predicted octanol–water partition coefficient (Wildman–Crippen LogP) is 1.68. The lowest BCUT2D eigenvalue weighted by Crippen LogP contribution is -2.25. The topological polar surface area (TPSA) is 58.5 Å². The van der Waals surface area contributed by atoms with E-state index in [-0.39, 0.29) is 5.91 Å². The summed E-state index contributed by atoms with van der Waals surface area (Å²) in [5.41, 5.74) is 4.58. The van der Waals surface area contributed by atoms with Gasteiger partial charge < -0.3 is 0 Å². The number of benzene rings is 1. The van der Waals surface area contributed by atoms with E-state index in [0.717, 1.165) is 11.3 Å². The van der Waals surface area contributed by atoms with E-state index in [2.05, 4.69) is 10.5 Å². The van der Waals surface area contributed by atoms with Crippen LogP contribution in [-0.2, 0) is 4.79 Å². The van der Waals surface area contributed by atoms with Gasteiger partial charge in [0.2, 0.25) is 5.91 Å². The molecule has 82 valence electrons. The normalized spacial score (nSPS) is 15.3. The zero-order valence-corrected chi connectivity index (χ0v) is 9.12. The third-order valence-corrected chi connectivity index (χ3v) is 2.57. The summed E-state index contributed by atoms with van der Waals surface area (Å²) in [5.74, 6) is -0.0729. The number of hydrogen-bond donors (Lipinski definition) is 1. The highest BCUT2D eigenvalue weighted by atomic mass is 35.5. The van der Waals surface area contributed by atoms with Crippen molar-refractivity contribution in [3.8, 4) is 0 Å². The molecule has 16 heavy (non-hydrogen) atoms. The molecular formula is C11H9ClN2O2. The van der Waals surface area contributed by atoms with Gasteiger partial charge in [0, 0.05) is 18.4 Å². The summed E-state index contributed by atoms with van der Waals surface area (Å²) >= 11 is 5.33. The van der Waals surface area contributed by atoms with E-state index in [0.29, 0.717) is 18.4 Å². The summed E-state index contributed by atoms with van der Waals surface area (Å²) in [6.45, 7) is 0. The molecule has 0 aromatic heterocycles. The molecule has 1 amide bonds. The van der Waals surface area contributed by atoms with Crippen LogP contribution in [-0.4, -0.2) is 16.9 Å². The van der Waals surface area contributed by atoms with Crippen LogP contribution in [0.3, 0.4) is 0 Å². The van der Waals surface area contributed by atoms with Crippen LogP contribution >= 0.6 is 11.6 Å². The Morgan fingerprint density at radius 1 is 1.25 bits per heavy atom. The first-order valence-corrected chi connectivity index (χ1v) is 5.20. The third kappa shape index (κ3) is 2.28. The maximum atomic E-state index is 10.9. The van der Waals surface area contributed by atoms with E-state index >= 15 is 0 Å². The molecule has 0 bridgehead atoms. The van der Waals surface area contributed by atoms with Crippen molar-refractivity contribution in [2.75, 3.05) is 0 Å². The lowest BCUT2D eigenvalue weighted by Gasteiger charge is -2.11. The van der Waals surface area contributed by atoms with Gasteiger partial charge in [0.25, 0.3) is 5.24 Å². The average molecular weight is 237 g/mol.